The molecule has 1 fully saturated rings. The highest BCUT2D eigenvalue weighted by Gasteiger charge is 2.52. The Kier molecular flexibility index (Phi) is 2.61. The minimum absolute atomic E-state index is 0.0866. The van der Waals surface area contributed by atoms with Gasteiger partial charge in [0.1, 0.15) is 11.6 Å². The molecule has 0 unspecified atom stereocenters. The van der Waals surface area contributed by atoms with Crippen LogP contribution in [0.15, 0.2) is 22.8 Å². The van der Waals surface area contributed by atoms with Crippen LogP contribution < -0.4 is 0 Å². The summed E-state index contributed by atoms with van der Waals surface area (Å²) in [5, 5.41) is 0. The van der Waals surface area contributed by atoms with Crippen LogP contribution in [0.5, 0.6) is 0 Å². The van der Waals surface area contributed by atoms with Crippen LogP contribution in [0, 0.1) is 17.3 Å². The summed E-state index contributed by atoms with van der Waals surface area (Å²) in [6.07, 6.45) is 9.76. The normalized spacial score (nSPS) is 40.1. The lowest BCUT2D eigenvalue weighted by Gasteiger charge is -2.44. The third-order valence-corrected chi connectivity index (χ3v) is 6.37. The summed E-state index contributed by atoms with van der Waals surface area (Å²) >= 11 is 0. The highest BCUT2D eigenvalue weighted by molar-refractivity contribution is 5.88. The van der Waals surface area contributed by atoms with E-state index in [9.17, 15) is 9.59 Å². The van der Waals surface area contributed by atoms with E-state index in [0.29, 0.717) is 29.8 Å². The van der Waals surface area contributed by atoms with Crippen molar-refractivity contribution in [1.29, 1.82) is 0 Å². The molecule has 0 aromatic heterocycles. The van der Waals surface area contributed by atoms with Gasteiger partial charge in [0.25, 0.3) is 0 Å². The van der Waals surface area contributed by atoms with Gasteiger partial charge >= 0.3 is 0 Å². The molecule has 2 nitrogen and oxygen atoms in total. The third-order valence-electron chi connectivity index (χ3n) is 6.37. The van der Waals surface area contributed by atoms with Crippen LogP contribution in [0.4, 0.5) is 0 Å². The first-order valence-corrected chi connectivity index (χ1v) is 8.06. The monoisotopic (exact) mass is 270 g/mol. The second kappa shape index (κ2) is 4.16. The Hall–Kier alpha value is -1.18. The van der Waals surface area contributed by atoms with Crippen molar-refractivity contribution in [3.05, 3.63) is 22.8 Å². The van der Waals surface area contributed by atoms with Gasteiger partial charge in [-0.15, -0.1) is 0 Å². The van der Waals surface area contributed by atoms with Gasteiger partial charge in [-0.05, 0) is 55.1 Å². The maximum absolute atomic E-state index is 12.2. The van der Waals surface area contributed by atoms with E-state index in [1.807, 2.05) is 0 Å². The molecule has 0 radical (unpaired) electrons. The molecule has 0 spiro atoms. The second-order valence-electron chi connectivity index (χ2n) is 7.29. The molecule has 20 heavy (non-hydrogen) atoms. The van der Waals surface area contributed by atoms with E-state index in [1.165, 1.54) is 16.7 Å². The van der Waals surface area contributed by atoms with Gasteiger partial charge in [-0.2, -0.15) is 0 Å². The first-order valence-electron chi connectivity index (χ1n) is 8.06. The van der Waals surface area contributed by atoms with Crippen molar-refractivity contribution in [2.24, 2.45) is 17.3 Å². The van der Waals surface area contributed by atoms with E-state index < -0.39 is 0 Å². The summed E-state index contributed by atoms with van der Waals surface area (Å²) in [4.78, 5) is 23.9. The maximum atomic E-state index is 12.2. The molecule has 4 rings (SSSR count). The quantitative estimate of drug-likeness (QED) is 0.671. The second-order valence-corrected chi connectivity index (χ2v) is 7.29. The number of hydrogen-bond donors (Lipinski definition) is 0. The number of fused-ring (bicyclic) bond motifs is 4. The van der Waals surface area contributed by atoms with Crippen LogP contribution in [-0.4, -0.2) is 11.6 Å². The van der Waals surface area contributed by atoms with Crippen LogP contribution in [0.25, 0.3) is 0 Å². The van der Waals surface area contributed by atoms with Crippen molar-refractivity contribution < 1.29 is 9.59 Å². The van der Waals surface area contributed by atoms with Gasteiger partial charge in [-0.3, -0.25) is 9.59 Å². The molecule has 4 aliphatic carbocycles. The van der Waals surface area contributed by atoms with E-state index in [2.05, 4.69) is 13.0 Å². The standard InChI is InChI=1S/C18H22O2/c1-18-9-8-14-13-5-3-12(19)10-11(13)2-4-15(14)16(18)6-7-17(18)20/h8,15-16H,2-7,9-10H2,1H3/t15-,16+,18-/m0/s1. The largest absolute Gasteiger partial charge is 0.299 e. The molecule has 0 bridgehead atoms. The average molecular weight is 270 g/mol. The SMILES string of the molecule is C[C@]12CC=C3C4=C(CC[C@@H]3[C@H]1CCC2=O)CC(=O)CC4. The van der Waals surface area contributed by atoms with Gasteiger partial charge in [0.2, 0.25) is 0 Å². The minimum atomic E-state index is -0.0866. The zero-order valence-corrected chi connectivity index (χ0v) is 12.2. The van der Waals surface area contributed by atoms with Crippen LogP contribution in [0.2, 0.25) is 0 Å². The van der Waals surface area contributed by atoms with Crippen LogP contribution >= 0.6 is 0 Å². The van der Waals surface area contributed by atoms with Gasteiger partial charge in [0.05, 0.1) is 0 Å². The fraction of sp³-hybridized carbons (Fsp3) is 0.667. The summed E-state index contributed by atoms with van der Waals surface area (Å²) < 4.78 is 0. The summed E-state index contributed by atoms with van der Waals surface area (Å²) in [5.41, 5.74) is 4.35. The first-order chi connectivity index (χ1) is 9.59. The molecule has 4 aliphatic rings. The molecule has 0 aromatic carbocycles. The number of hydrogen-bond acceptors (Lipinski definition) is 2. The number of carbonyl (C=O) groups is 2. The minimum Gasteiger partial charge on any atom is -0.299 e. The molecule has 0 saturated heterocycles. The van der Waals surface area contributed by atoms with Gasteiger partial charge in [-0.25, -0.2) is 0 Å². The van der Waals surface area contributed by atoms with Crippen molar-refractivity contribution in [2.45, 2.75) is 58.3 Å². The molecule has 3 atom stereocenters. The van der Waals surface area contributed by atoms with Crippen molar-refractivity contribution in [3.8, 4) is 0 Å². The van der Waals surface area contributed by atoms with Crippen molar-refractivity contribution in [3.63, 3.8) is 0 Å². The van der Waals surface area contributed by atoms with E-state index in [4.69, 9.17) is 0 Å². The number of allylic oxidation sites excluding steroid dienone is 4. The van der Waals surface area contributed by atoms with Gasteiger partial charge in [0.15, 0.2) is 0 Å². The fourth-order valence-corrected chi connectivity index (χ4v) is 5.19. The molecule has 0 aromatic rings. The lowest BCUT2D eigenvalue weighted by Crippen LogP contribution is -2.39. The first kappa shape index (κ1) is 12.6. The Bertz CT molecular complexity index is 566. The smallest absolute Gasteiger partial charge is 0.139 e. The molecule has 1 saturated carbocycles. The fourth-order valence-electron chi connectivity index (χ4n) is 5.19. The predicted octanol–water partition coefficient (Wildman–Crippen LogP) is 3.76. The van der Waals surface area contributed by atoms with Crippen molar-refractivity contribution in [1.82, 2.24) is 0 Å². The van der Waals surface area contributed by atoms with Crippen LogP contribution in [0.3, 0.4) is 0 Å². The maximum Gasteiger partial charge on any atom is 0.139 e. The zero-order chi connectivity index (χ0) is 13.9. The topological polar surface area (TPSA) is 34.1 Å². The lowest BCUT2D eigenvalue weighted by atomic mass is 9.59. The van der Waals surface area contributed by atoms with E-state index in [0.717, 1.165) is 44.9 Å². The van der Waals surface area contributed by atoms with E-state index in [-0.39, 0.29) is 5.41 Å². The van der Waals surface area contributed by atoms with Crippen LogP contribution in [-0.2, 0) is 9.59 Å². The van der Waals surface area contributed by atoms with Gasteiger partial charge in [-0.1, -0.05) is 18.6 Å². The van der Waals surface area contributed by atoms with Crippen LogP contribution in [0.1, 0.15) is 58.3 Å². The Balaban J connectivity index is 1.75. The molecule has 0 aliphatic heterocycles. The Morgan fingerprint density at radius 3 is 2.80 bits per heavy atom. The third kappa shape index (κ3) is 1.57. The van der Waals surface area contributed by atoms with Gasteiger partial charge in [0, 0.05) is 24.7 Å². The number of rotatable bonds is 0. The molecule has 0 amide bonds. The highest BCUT2D eigenvalue weighted by atomic mass is 16.1. The molecular formula is C18H22O2. The Labute approximate surface area is 120 Å². The molecule has 0 N–H and O–H groups in total. The summed E-state index contributed by atoms with van der Waals surface area (Å²) in [6, 6.07) is 0. The van der Waals surface area contributed by atoms with Crippen molar-refractivity contribution in [2.75, 3.05) is 0 Å². The van der Waals surface area contributed by atoms with E-state index in [1.54, 1.807) is 0 Å². The molecule has 106 valence electrons. The van der Waals surface area contributed by atoms with E-state index >= 15 is 0 Å². The molecular weight excluding hydrogens is 248 g/mol. The molecule has 0 heterocycles. The zero-order valence-electron chi connectivity index (χ0n) is 12.2. The summed E-state index contributed by atoms with van der Waals surface area (Å²) in [5.74, 6) is 2.05. The summed E-state index contributed by atoms with van der Waals surface area (Å²) in [7, 11) is 0. The number of carbonyl (C=O) groups excluding carboxylic acids is 2. The Morgan fingerprint density at radius 1 is 1.10 bits per heavy atom. The lowest BCUT2D eigenvalue weighted by molar-refractivity contribution is -0.127. The highest BCUT2D eigenvalue weighted by Crippen LogP contribution is 2.57. The Morgan fingerprint density at radius 2 is 1.95 bits per heavy atom. The molecule has 2 heteroatoms. The number of Topliss-reactive ketones (excluding diaryl/α,β-unsaturated/α-hetero) is 2. The average Bonchev–Trinajstić information content (AvgIpc) is 2.74. The number of ketones is 2. The predicted molar refractivity (Wildman–Crippen MR) is 77.1 cm³/mol. The van der Waals surface area contributed by atoms with Gasteiger partial charge < -0.3 is 0 Å². The summed E-state index contributed by atoms with van der Waals surface area (Å²) in [6.45, 7) is 2.19. The van der Waals surface area contributed by atoms with Crippen molar-refractivity contribution >= 4 is 11.6 Å².